The molecule has 3 heterocycles. The molecule has 0 aliphatic rings. The molecule has 5 rings (SSSR count). The molecule has 0 saturated carbocycles. The van der Waals surface area contributed by atoms with Crippen LogP contribution in [0.15, 0.2) is 78.8 Å². The van der Waals surface area contributed by atoms with Gasteiger partial charge in [0.1, 0.15) is 0 Å². The van der Waals surface area contributed by atoms with Gasteiger partial charge < -0.3 is 15.2 Å². The maximum absolute atomic E-state index is 13.1. The van der Waals surface area contributed by atoms with Gasteiger partial charge in [0, 0.05) is 51.5 Å². The highest BCUT2D eigenvalue weighted by Crippen LogP contribution is 2.29. The number of nitrogens with zero attached hydrogens (tertiary/aromatic N) is 4. The van der Waals surface area contributed by atoms with E-state index in [1.54, 1.807) is 30.9 Å². The lowest BCUT2D eigenvalue weighted by Crippen LogP contribution is -2.12. The predicted octanol–water partition coefficient (Wildman–Crippen LogP) is 6.66. The third kappa shape index (κ3) is 5.24. The molecule has 5 aromatic rings. The van der Waals surface area contributed by atoms with Crippen molar-refractivity contribution in [3.8, 4) is 16.9 Å². The van der Waals surface area contributed by atoms with E-state index in [0.717, 1.165) is 39.0 Å². The van der Waals surface area contributed by atoms with Crippen LogP contribution in [0.5, 0.6) is 0 Å². The first-order chi connectivity index (χ1) is 16.9. The lowest BCUT2D eigenvalue weighted by molar-refractivity contribution is 0.102. The number of aromatic nitrogens is 4. The monoisotopic (exact) mass is 500 g/mol. The Labute approximate surface area is 211 Å². The largest absolute Gasteiger partial charge is 0.331 e. The van der Waals surface area contributed by atoms with Crippen LogP contribution < -0.4 is 10.6 Å². The Balaban J connectivity index is 1.35. The van der Waals surface area contributed by atoms with E-state index in [0.29, 0.717) is 16.3 Å². The highest BCUT2D eigenvalue weighted by Gasteiger charge is 2.12. The zero-order chi connectivity index (χ0) is 24.4. The zero-order valence-electron chi connectivity index (χ0n) is 19.0. The standard InChI is InChI=1S/C26H21ClN6OS/c1-16-5-6-18(8-23(16)31-26-32-24(14-35-26)19-4-3-7-28-12-19)25(34)30-21-9-20(27)10-22(11-21)33-13-17(2)29-15-33/h3-15H,1-2H3,(H,30,34)(H,31,32). The summed E-state index contributed by atoms with van der Waals surface area (Å²) in [7, 11) is 0. The molecule has 0 aliphatic carbocycles. The number of rotatable bonds is 6. The van der Waals surface area contributed by atoms with Crippen molar-refractivity contribution in [3.63, 3.8) is 0 Å². The van der Waals surface area contributed by atoms with Gasteiger partial charge in [-0.25, -0.2) is 9.97 Å². The molecule has 0 fully saturated rings. The fourth-order valence-electron chi connectivity index (χ4n) is 3.55. The number of benzene rings is 2. The Morgan fingerprint density at radius 3 is 2.77 bits per heavy atom. The number of hydrogen-bond acceptors (Lipinski definition) is 6. The average molecular weight is 501 g/mol. The minimum absolute atomic E-state index is 0.238. The van der Waals surface area contributed by atoms with Crippen LogP contribution in [0.1, 0.15) is 21.6 Å². The molecule has 9 heteroatoms. The molecule has 0 saturated heterocycles. The van der Waals surface area contributed by atoms with Crippen molar-refractivity contribution in [3.05, 3.63) is 101 Å². The molecule has 0 atom stereocenters. The third-order valence-electron chi connectivity index (χ3n) is 5.35. The molecule has 0 unspecified atom stereocenters. The van der Waals surface area contributed by atoms with Crippen molar-refractivity contribution >= 4 is 45.4 Å². The molecule has 7 nitrogen and oxygen atoms in total. The number of hydrogen-bond donors (Lipinski definition) is 2. The summed E-state index contributed by atoms with van der Waals surface area (Å²) in [5.41, 5.74) is 6.43. The quantitative estimate of drug-likeness (QED) is 0.272. The number of anilines is 3. The second-order valence-corrected chi connectivity index (χ2v) is 9.30. The summed E-state index contributed by atoms with van der Waals surface area (Å²) in [5.74, 6) is -0.238. The topological polar surface area (TPSA) is 84.7 Å². The molecular weight excluding hydrogens is 480 g/mol. The summed E-state index contributed by atoms with van der Waals surface area (Å²) in [5, 5.41) is 9.52. The van der Waals surface area contributed by atoms with E-state index in [1.807, 2.05) is 66.4 Å². The fourth-order valence-corrected chi connectivity index (χ4v) is 4.51. The van der Waals surface area contributed by atoms with Gasteiger partial charge >= 0.3 is 0 Å². The Bertz CT molecular complexity index is 1510. The van der Waals surface area contributed by atoms with Crippen molar-refractivity contribution in [2.45, 2.75) is 13.8 Å². The minimum atomic E-state index is -0.238. The highest BCUT2D eigenvalue weighted by atomic mass is 35.5. The summed E-state index contributed by atoms with van der Waals surface area (Å²) in [6.07, 6.45) is 7.12. The number of carbonyl (C=O) groups excluding carboxylic acids is 1. The van der Waals surface area contributed by atoms with E-state index in [-0.39, 0.29) is 5.91 Å². The average Bonchev–Trinajstić information content (AvgIpc) is 3.50. The third-order valence-corrected chi connectivity index (χ3v) is 6.33. The Morgan fingerprint density at radius 1 is 1.11 bits per heavy atom. The second kappa shape index (κ2) is 9.69. The smallest absolute Gasteiger partial charge is 0.255 e. The minimum Gasteiger partial charge on any atom is -0.331 e. The molecule has 2 N–H and O–H groups in total. The van der Waals surface area contributed by atoms with Gasteiger partial charge in [-0.05, 0) is 61.9 Å². The second-order valence-electron chi connectivity index (χ2n) is 8.01. The normalized spacial score (nSPS) is 10.8. The molecule has 0 aliphatic heterocycles. The number of thiazole rings is 1. The Hall–Kier alpha value is -4.01. The van der Waals surface area contributed by atoms with Crippen LogP contribution in [-0.2, 0) is 0 Å². The first kappa shape index (κ1) is 22.8. The van der Waals surface area contributed by atoms with Gasteiger partial charge in [0.25, 0.3) is 5.91 Å². The summed E-state index contributed by atoms with van der Waals surface area (Å²) in [6, 6.07) is 14.8. The number of nitrogens with one attached hydrogen (secondary N) is 2. The van der Waals surface area contributed by atoms with Crippen molar-refractivity contribution in [2.75, 3.05) is 10.6 Å². The summed E-state index contributed by atoms with van der Waals surface area (Å²) >= 11 is 7.81. The van der Waals surface area contributed by atoms with Crippen LogP contribution >= 0.6 is 22.9 Å². The van der Waals surface area contributed by atoms with Gasteiger partial charge in [-0.2, -0.15) is 0 Å². The SMILES string of the molecule is Cc1cn(-c2cc(Cl)cc(NC(=O)c3ccc(C)c(Nc4nc(-c5cccnc5)cs4)c3)c2)cn1. The molecule has 3 aromatic heterocycles. The van der Waals surface area contributed by atoms with Crippen LogP contribution in [0.4, 0.5) is 16.5 Å². The fraction of sp³-hybridized carbons (Fsp3) is 0.0769. The number of amides is 1. The molecule has 1 amide bonds. The molecule has 174 valence electrons. The van der Waals surface area contributed by atoms with Gasteiger partial charge in [-0.1, -0.05) is 17.7 Å². The molecular formula is C26H21ClN6OS. The Kier molecular flexibility index (Phi) is 6.31. The van der Waals surface area contributed by atoms with Gasteiger partial charge in [-0.15, -0.1) is 11.3 Å². The zero-order valence-corrected chi connectivity index (χ0v) is 20.6. The molecule has 0 spiro atoms. The van der Waals surface area contributed by atoms with Gasteiger partial charge in [0.15, 0.2) is 5.13 Å². The van der Waals surface area contributed by atoms with Crippen molar-refractivity contribution < 1.29 is 4.79 Å². The van der Waals surface area contributed by atoms with Gasteiger partial charge in [0.05, 0.1) is 23.4 Å². The predicted molar refractivity (Wildman–Crippen MR) is 141 cm³/mol. The van der Waals surface area contributed by atoms with Crippen LogP contribution in [0, 0.1) is 13.8 Å². The summed E-state index contributed by atoms with van der Waals surface area (Å²) in [4.78, 5) is 26.1. The van der Waals surface area contributed by atoms with Crippen molar-refractivity contribution in [2.24, 2.45) is 0 Å². The van der Waals surface area contributed by atoms with Crippen molar-refractivity contribution in [1.82, 2.24) is 19.5 Å². The maximum Gasteiger partial charge on any atom is 0.255 e. The van der Waals surface area contributed by atoms with E-state index in [2.05, 4.69) is 25.6 Å². The number of imidazole rings is 1. The molecule has 0 bridgehead atoms. The summed E-state index contributed by atoms with van der Waals surface area (Å²) < 4.78 is 1.86. The van der Waals surface area contributed by atoms with Crippen molar-refractivity contribution in [1.29, 1.82) is 0 Å². The molecule has 0 radical (unpaired) electrons. The van der Waals surface area contributed by atoms with Crippen LogP contribution in [0.25, 0.3) is 16.9 Å². The number of pyridine rings is 1. The van der Waals surface area contributed by atoms with E-state index in [1.165, 1.54) is 11.3 Å². The Morgan fingerprint density at radius 2 is 2.00 bits per heavy atom. The van der Waals surface area contributed by atoms with Gasteiger partial charge in [0.2, 0.25) is 0 Å². The summed E-state index contributed by atoms with van der Waals surface area (Å²) in [6.45, 7) is 3.90. The number of aryl methyl sites for hydroxylation is 2. The van der Waals surface area contributed by atoms with Crippen LogP contribution in [0.3, 0.4) is 0 Å². The maximum atomic E-state index is 13.1. The van der Waals surface area contributed by atoms with Crippen LogP contribution in [0.2, 0.25) is 5.02 Å². The van der Waals surface area contributed by atoms with E-state index in [4.69, 9.17) is 11.6 Å². The lowest BCUT2D eigenvalue weighted by atomic mass is 10.1. The van der Waals surface area contributed by atoms with E-state index in [9.17, 15) is 4.79 Å². The van der Waals surface area contributed by atoms with Crippen LogP contribution in [-0.4, -0.2) is 25.4 Å². The first-order valence-electron chi connectivity index (χ1n) is 10.8. The van der Waals surface area contributed by atoms with E-state index >= 15 is 0 Å². The van der Waals surface area contributed by atoms with E-state index < -0.39 is 0 Å². The highest BCUT2D eigenvalue weighted by molar-refractivity contribution is 7.14. The molecule has 35 heavy (non-hydrogen) atoms. The molecule has 2 aromatic carbocycles. The first-order valence-corrected chi connectivity index (χ1v) is 12.1. The lowest BCUT2D eigenvalue weighted by Gasteiger charge is -2.12. The number of halogens is 1. The number of carbonyl (C=O) groups is 1. The van der Waals surface area contributed by atoms with Gasteiger partial charge in [-0.3, -0.25) is 9.78 Å².